The Bertz CT molecular complexity index is 1600. The molecule has 1 amide bonds. The first-order chi connectivity index (χ1) is 17.9. The molecular weight excluding hydrogens is 473 g/mol. The number of carbonyl (C=O) groups excluding carboxylic acids is 1. The molecule has 37 heavy (non-hydrogen) atoms. The summed E-state index contributed by atoms with van der Waals surface area (Å²) in [5.74, 6) is 0.298. The van der Waals surface area contributed by atoms with Crippen molar-refractivity contribution in [1.82, 2.24) is 34.8 Å². The fourth-order valence-electron chi connectivity index (χ4n) is 4.54. The van der Waals surface area contributed by atoms with E-state index >= 15 is 0 Å². The summed E-state index contributed by atoms with van der Waals surface area (Å²) in [6.45, 7) is 4.95. The van der Waals surface area contributed by atoms with E-state index in [4.69, 9.17) is 0 Å². The minimum atomic E-state index is -0.594. The van der Waals surface area contributed by atoms with Gasteiger partial charge in [-0.15, -0.1) is 10.2 Å². The van der Waals surface area contributed by atoms with Crippen molar-refractivity contribution < 1.29 is 9.18 Å². The number of hydrogen-bond acceptors (Lipinski definition) is 6. The second-order valence-corrected chi connectivity index (χ2v) is 9.11. The Morgan fingerprint density at radius 3 is 2.70 bits per heavy atom. The van der Waals surface area contributed by atoms with Crippen LogP contribution in [0, 0.1) is 5.82 Å². The third kappa shape index (κ3) is 4.65. The Morgan fingerprint density at radius 1 is 1.16 bits per heavy atom. The third-order valence-electron chi connectivity index (χ3n) is 6.32. The molecule has 0 bridgehead atoms. The number of aromatic nitrogens is 5. The number of hydrogen-bond donors (Lipinski definition) is 1. The molecule has 0 unspecified atom stereocenters. The van der Waals surface area contributed by atoms with Gasteiger partial charge in [-0.1, -0.05) is 36.9 Å². The van der Waals surface area contributed by atoms with Gasteiger partial charge in [-0.25, -0.2) is 9.49 Å². The first kappa shape index (κ1) is 24.1. The van der Waals surface area contributed by atoms with E-state index in [-0.39, 0.29) is 17.7 Å². The molecule has 188 valence electrons. The van der Waals surface area contributed by atoms with Gasteiger partial charge in [0, 0.05) is 50.8 Å². The van der Waals surface area contributed by atoms with E-state index in [2.05, 4.69) is 27.0 Å². The molecule has 3 heterocycles. The zero-order chi connectivity index (χ0) is 26.1. The van der Waals surface area contributed by atoms with Crippen LogP contribution in [-0.4, -0.2) is 61.3 Å². The number of halogens is 1. The second-order valence-electron chi connectivity index (χ2n) is 9.11. The van der Waals surface area contributed by atoms with E-state index in [9.17, 15) is 14.0 Å². The van der Waals surface area contributed by atoms with Crippen LogP contribution < -0.4 is 5.56 Å². The first-order valence-corrected chi connectivity index (χ1v) is 11.8. The summed E-state index contributed by atoms with van der Waals surface area (Å²) in [4.78, 5) is 28.9. The molecule has 2 aromatic carbocycles. The number of aromatic amines is 1. The summed E-state index contributed by atoms with van der Waals surface area (Å²) in [7, 11) is 3.82. The number of allylic oxidation sites excluding steroid dienone is 2. The fraction of sp³-hybridized carbons (Fsp3) is 0.222. The van der Waals surface area contributed by atoms with Crippen LogP contribution in [0.1, 0.15) is 33.3 Å². The Hall–Kier alpha value is -4.60. The summed E-state index contributed by atoms with van der Waals surface area (Å²) in [6, 6.07) is 11.7. The van der Waals surface area contributed by atoms with Crippen molar-refractivity contribution in [2.45, 2.75) is 19.5 Å². The van der Waals surface area contributed by atoms with E-state index in [1.807, 2.05) is 41.9 Å². The highest BCUT2D eigenvalue weighted by atomic mass is 19.1. The summed E-state index contributed by atoms with van der Waals surface area (Å²) < 4.78 is 16.8. The molecule has 0 atom stereocenters. The molecule has 0 spiro atoms. The van der Waals surface area contributed by atoms with Gasteiger partial charge in [-0.05, 0) is 23.8 Å². The molecule has 1 aliphatic rings. The average Bonchev–Trinajstić information content (AvgIpc) is 3.33. The maximum Gasteiger partial charge on any atom is 0.272 e. The smallest absolute Gasteiger partial charge is 0.272 e. The molecule has 0 saturated heterocycles. The van der Waals surface area contributed by atoms with Crippen LogP contribution in [0.2, 0.25) is 0 Å². The maximum atomic E-state index is 14.8. The highest BCUT2D eigenvalue weighted by Crippen LogP contribution is 2.23. The average molecular weight is 500 g/mol. The lowest BCUT2D eigenvalue weighted by Crippen LogP contribution is -2.39. The fourth-order valence-corrected chi connectivity index (χ4v) is 4.54. The van der Waals surface area contributed by atoms with E-state index in [1.54, 1.807) is 35.2 Å². The molecule has 1 N–H and O–H groups in total. The molecule has 0 aliphatic carbocycles. The van der Waals surface area contributed by atoms with Crippen LogP contribution in [0.4, 0.5) is 4.39 Å². The van der Waals surface area contributed by atoms with Crippen molar-refractivity contribution >= 4 is 22.3 Å². The van der Waals surface area contributed by atoms with E-state index in [0.717, 1.165) is 11.0 Å². The van der Waals surface area contributed by atoms with Crippen LogP contribution >= 0.6 is 0 Å². The number of benzene rings is 2. The first-order valence-electron chi connectivity index (χ1n) is 11.8. The maximum absolute atomic E-state index is 14.8. The normalized spacial score (nSPS) is 13.5. The van der Waals surface area contributed by atoms with Gasteiger partial charge < -0.3 is 14.4 Å². The minimum Gasteiger partial charge on any atom is -0.383 e. The van der Waals surface area contributed by atoms with Crippen molar-refractivity contribution in [1.29, 1.82) is 0 Å². The van der Waals surface area contributed by atoms with Crippen LogP contribution in [0.5, 0.6) is 0 Å². The number of carbonyl (C=O) groups is 1. The topological polar surface area (TPSA) is 100 Å². The van der Waals surface area contributed by atoms with Crippen LogP contribution in [0.3, 0.4) is 0 Å². The summed E-state index contributed by atoms with van der Waals surface area (Å²) in [6.07, 6.45) is 3.96. The molecule has 1 aliphatic heterocycles. The van der Waals surface area contributed by atoms with Gasteiger partial charge in [-0.2, -0.15) is 5.10 Å². The zero-order valence-electron chi connectivity index (χ0n) is 20.6. The lowest BCUT2D eigenvalue weighted by atomic mass is 10.0. The Kier molecular flexibility index (Phi) is 6.39. The van der Waals surface area contributed by atoms with Crippen LogP contribution in [0.25, 0.3) is 16.3 Å². The largest absolute Gasteiger partial charge is 0.383 e. The zero-order valence-corrected chi connectivity index (χ0v) is 20.6. The standard InChI is InChI=1S/C27H26FN7O2/c1-4-18(15-33(2)3)25-31-30-24-16-34(11-12-35(24)25)27(37)21-13-17(9-10-22(21)28)14-23-19-7-5-6-8-20(19)26(36)32-29-23/h4-10,13,15H,1,11-12,14,16H2,2-3H3,(H,32,36)/b18-15+. The van der Waals surface area contributed by atoms with Crippen LogP contribution in [-0.2, 0) is 19.5 Å². The Morgan fingerprint density at radius 2 is 1.95 bits per heavy atom. The quantitative estimate of drug-likeness (QED) is 0.410. The lowest BCUT2D eigenvalue weighted by Gasteiger charge is -2.28. The molecule has 9 nitrogen and oxygen atoms in total. The highest BCUT2D eigenvalue weighted by Gasteiger charge is 2.27. The number of rotatable bonds is 6. The summed E-state index contributed by atoms with van der Waals surface area (Å²) >= 11 is 0. The summed E-state index contributed by atoms with van der Waals surface area (Å²) in [5, 5.41) is 16.5. The van der Waals surface area contributed by atoms with Crippen LogP contribution in [0.15, 0.2) is 66.1 Å². The number of amides is 1. The van der Waals surface area contributed by atoms with Crippen molar-refractivity contribution in [2.24, 2.45) is 0 Å². The van der Waals surface area contributed by atoms with Crippen molar-refractivity contribution in [3.05, 3.63) is 106 Å². The van der Waals surface area contributed by atoms with Gasteiger partial charge in [0.05, 0.1) is 23.2 Å². The molecule has 10 heteroatoms. The van der Waals surface area contributed by atoms with Crippen molar-refractivity contribution in [3.8, 4) is 0 Å². The predicted molar refractivity (Wildman–Crippen MR) is 138 cm³/mol. The summed E-state index contributed by atoms with van der Waals surface area (Å²) in [5.41, 5.74) is 1.89. The molecule has 4 aromatic rings. The van der Waals surface area contributed by atoms with Gasteiger partial charge in [0.2, 0.25) is 0 Å². The Balaban J connectivity index is 1.40. The second kappa shape index (κ2) is 9.81. The number of H-pyrrole nitrogens is 1. The molecular formula is C27H26FN7O2. The molecule has 0 radical (unpaired) electrons. The monoisotopic (exact) mass is 499 g/mol. The van der Waals surface area contributed by atoms with Crippen molar-refractivity contribution in [2.75, 3.05) is 20.6 Å². The van der Waals surface area contributed by atoms with Gasteiger partial charge in [0.25, 0.3) is 11.5 Å². The molecule has 0 saturated carbocycles. The van der Waals surface area contributed by atoms with Gasteiger partial charge in [-0.3, -0.25) is 9.59 Å². The SMILES string of the molecule is C=C/C(=C\N(C)C)c1nnc2n1CCN(C(=O)c1cc(Cc3n[nH]c(=O)c4ccccc34)ccc1F)C2. The number of nitrogens with one attached hydrogen (secondary N) is 1. The predicted octanol–water partition coefficient (Wildman–Crippen LogP) is 2.99. The van der Waals surface area contributed by atoms with E-state index in [0.29, 0.717) is 47.8 Å². The number of nitrogens with zero attached hydrogens (tertiary/aromatic N) is 6. The molecule has 0 fully saturated rings. The van der Waals surface area contributed by atoms with Gasteiger partial charge in [0.15, 0.2) is 11.6 Å². The highest BCUT2D eigenvalue weighted by molar-refractivity contribution is 5.95. The minimum absolute atomic E-state index is 0.0151. The third-order valence-corrected chi connectivity index (χ3v) is 6.32. The van der Waals surface area contributed by atoms with Crippen molar-refractivity contribution in [3.63, 3.8) is 0 Å². The molecule has 2 aromatic heterocycles. The Labute approximate surface area is 212 Å². The van der Waals surface area contributed by atoms with Gasteiger partial charge in [0.1, 0.15) is 5.82 Å². The number of fused-ring (bicyclic) bond motifs is 2. The van der Waals surface area contributed by atoms with E-state index in [1.165, 1.54) is 6.07 Å². The van der Waals surface area contributed by atoms with E-state index < -0.39 is 11.7 Å². The lowest BCUT2D eigenvalue weighted by molar-refractivity contribution is 0.0702. The van der Waals surface area contributed by atoms with Gasteiger partial charge >= 0.3 is 0 Å². The molecule has 5 rings (SSSR count).